The van der Waals surface area contributed by atoms with E-state index < -0.39 is 0 Å². The molecule has 0 atom stereocenters. The van der Waals surface area contributed by atoms with Gasteiger partial charge in [-0.3, -0.25) is 0 Å². The standard InChI is InChI=1S/C44H25NS/c1-2-12-26(13-3-1)27-24-36-30-16-8-9-22-38(30)45-42-33(20-10-21-34(42)37(25-27)43(36)45)32-19-11-23-39-40(32)41-31-17-6-4-14-28(31)29-15-5-7-18-35(29)44(41)46-39/h1-25H. The molecule has 0 bridgehead atoms. The number of hydrogen-bond donors (Lipinski definition) is 0. The van der Waals surface area contributed by atoms with Crippen LogP contribution in [0.3, 0.4) is 0 Å². The van der Waals surface area contributed by atoms with Crippen molar-refractivity contribution in [3.05, 3.63) is 152 Å². The van der Waals surface area contributed by atoms with Gasteiger partial charge in [-0.05, 0) is 57.1 Å². The lowest BCUT2D eigenvalue weighted by molar-refractivity contribution is 1.37. The Hall–Kier alpha value is -5.70. The second-order valence-electron chi connectivity index (χ2n) is 12.4. The fourth-order valence-electron chi connectivity index (χ4n) is 8.22. The van der Waals surface area contributed by atoms with Gasteiger partial charge < -0.3 is 4.40 Å². The van der Waals surface area contributed by atoms with Crippen LogP contribution in [0.15, 0.2) is 152 Å². The fraction of sp³-hybridized carbons (Fsp3) is 0. The number of para-hydroxylation sites is 2. The molecule has 11 aromatic rings. The van der Waals surface area contributed by atoms with Gasteiger partial charge in [0, 0.05) is 52.7 Å². The zero-order valence-corrected chi connectivity index (χ0v) is 25.6. The maximum absolute atomic E-state index is 2.54. The number of fused-ring (bicyclic) bond motifs is 14. The van der Waals surface area contributed by atoms with Gasteiger partial charge in [-0.25, -0.2) is 0 Å². The third-order valence-electron chi connectivity index (χ3n) is 10.1. The van der Waals surface area contributed by atoms with Gasteiger partial charge in [0.15, 0.2) is 0 Å². The molecular formula is C44H25NS. The molecule has 0 saturated carbocycles. The molecule has 0 amide bonds. The Labute approximate surface area is 268 Å². The Bertz CT molecular complexity index is 3010. The van der Waals surface area contributed by atoms with Gasteiger partial charge >= 0.3 is 0 Å². The van der Waals surface area contributed by atoms with Crippen molar-refractivity contribution in [2.75, 3.05) is 0 Å². The first kappa shape index (κ1) is 24.6. The summed E-state index contributed by atoms with van der Waals surface area (Å²) < 4.78 is 5.24. The van der Waals surface area contributed by atoms with E-state index in [9.17, 15) is 0 Å². The van der Waals surface area contributed by atoms with E-state index >= 15 is 0 Å². The molecule has 0 aliphatic carbocycles. The topological polar surface area (TPSA) is 4.41 Å². The largest absolute Gasteiger partial charge is 0.307 e. The molecule has 0 aliphatic heterocycles. The van der Waals surface area contributed by atoms with Crippen molar-refractivity contribution in [2.45, 2.75) is 0 Å². The van der Waals surface area contributed by atoms with Crippen LogP contribution < -0.4 is 0 Å². The summed E-state index contributed by atoms with van der Waals surface area (Å²) in [5, 5.41) is 13.2. The summed E-state index contributed by atoms with van der Waals surface area (Å²) in [6.07, 6.45) is 0. The average molecular weight is 600 g/mol. The van der Waals surface area contributed by atoms with Gasteiger partial charge in [-0.15, -0.1) is 11.3 Å². The lowest BCUT2D eigenvalue weighted by atomic mass is 9.93. The number of nitrogens with zero attached hydrogens (tertiary/aromatic N) is 1. The molecule has 0 saturated heterocycles. The number of thiophene rings is 1. The number of benzene rings is 8. The summed E-state index contributed by atoms with van der Waals surface area (Å²) in [7, 11) is 0. The van der Waals surface area contributed by atoms with E-state index in [1.165, 1.54) is 102 Å². The fourth-order valence-corrected chi connectivity index (χ4v) is 9.51. The summed E-state index contributed by atoms with van der Waals surface area (Å²) >= 11 is 1.93. The Balaban J connectivity index is 1.34. The van der Waals surface area contributed by atoms with Crippen LogP contribution in [0, 0.1) is 0 Å². The number of hydrogen-bond acceptors (Lipinski definition) is 1. The zero-order chi connectivity index (χ0) is 29.9. The monoisotopic (exact) mass is 599 g/mol. The Morgan fingerprint density at radius 3 is 1.80 bits per heavy atom. The minimum atomic E-state index is 1.25. The second-order valence-corrected chi connectivity index (χ2v) is 13.5. The maximum atomic E-state index is 2.54. The zero-order valence-electron chi connectivity index (χ0n) is 24.8. The van der Waals surface area contributed by atoms with Crippen molar-refractivity contribution in [1.29, 1.82) is 0 Å². The molecule has 3 aromatic heterocycles. The molecule has 8 aromatic carbocycles. The van der Waals surface area contributed by atoms with Crippen LogP contribution in [0.1, 0.15) is 0 Å². The van der Waals surface area contributed by atoms with E-state index in [1.807, 2.05) is 11.3 Å². The van der Waals surface area contributed by atoms with Crippen molar-refractivity contribution in [2.24, 2.45) is 0 Å². The molecule has 0 spiro atoms. The third-order valence-corrected chi connectivity index (χ3v) is 11.3. The normalized spacial score (nSPS) is 12.3. The summed E-state index contributed by atoms with van der Waals surface area (Å²) in [4.78, 5) is 0. The third kappa shape index (κ3) is 3.09. The van der Waals surface area contributed by atoms with Crippen molar-refractivity contribution < 1.29 is 0 Å². The van der Waals surface area contributed by atoms with Gasteiger partial charge in [0.05, 0.1) is 16.6 Å². The summed E-state index contributed by atoms with van der Waals surface area (Å²) in [5.41, 5.74) is 8.93. The lowest BCUT2D eigenvalue weighted by Gasteiger charge is -2.11. The van der Waals surface area contributed by atoms with Gasteiger partial charge in [0.25, 0.3) is 0 Å². The van der Waals surface area contributed by atoms with E-state index in [4.69, 9.17) is 0 Å². The number of rotatable bonds is 2. The quantitative estimate of drug-likeness (QED) is 0.174. The van der Waals surface area contributed by atoms with Crippen LogP contribution in [0.4, 0.5) is 0 Å². The molecular weight excluding hydrogens is 575 g/mol. The van der Waals surface area contributed by atoms with Gasteiger partial charge in [-0.1, -0.05) is 127 Å². The van der Waals surface area contributed by atoms with Crippen molar-refractivity contribution in [1.82, 2.24) is 4.40 Å². The molecule has 1 nitrogen and oxygen atoms in total. The second kappa shape index (κ2) is 8.94. The maximum Gasteiger partial charge on any atom is 0.0621 e. The first-order chi connectivity index (χ1) is 22.8. The van der Waals surface area contributed by atoms with Crippen molar-refractivity contribution in [3.8, 4) is 22.3 Å². The number of aromatic nitrogens is 1. The Morgan fingerprint density at radius 2 is 0.978 bits per heavy atom. The van der Waals surface area contributed by atoms with Crippen LogP contribution in [-0.4, -0.2) is 4.40 Å². The van der Waals surface area contributed by atoms with Crippen LogP contribution in [0.5, 0.6) is 0 Å². The molecule has 0 aliphatic rings. The molecule has 0 fully saturated rings. The summed E-state index contributed by atoms with van der Waals surface area (Å²) in [6.45, 7) is 0. The van der Waals surface area contributed by atoms with Crippen molar-refractivity contribution >= 4 is 91.1 Å². The molecule has 212 valence electrons. The van der Waals surface area contributed by atoms with Crippen LogP contribution in [0.2, 0.25) is 0 Å². The van der Waals surface area contributed by atoms with E-state index in [-0.39, 0.29) is 0 Å². The average Bonchev–Trinajstić information content (AvgIpc) is 3.79. The first-order valence-corrected chi connectivity index (χ1v) is 16.7. The first-order valence-electron chi connectivity index (χ1n) is 15.9. The van der Waals surface area contributed by atoms with Gasteiger partial charge in [0.1, 0.15) is 0 Å². The highest BCUT2D eigenvalue weighted by Crippen LogP contribution is 2.49. The van der Waals surface area contributed by atoms with Gasteiger partial charge in [0.2, 0.25) is 0 Å². The highest BCUT2D eigenvalue weighted by atomic mass is 32.1. The van der Waals surface area contributed by atoms with Crippen LogP contribution in [0.25, 0.3) is 102 Å². The van der Waals surface area contributed by atoms with Crippen molar-refractivity contribution in [3.63, 3.8) is 0 Å². The summed E-state index contributed by atoms with van der Waals surface area (Å²) in [6, 6.07) is 56.2. The molecule has 2 heteroatoms. The molecule has 0 unspecified atom stereocenters. The lowest BCUT2D eigenvalue weighted by Crippen LogP contribution is -1.87. The Kier molecular flexibility index (Phi) is 4.78. The van der Waals surface area contributed by atoms with Crippen LogP contribution >= 0.6 is 11.3 Å². The molecule has 0 radical (unpaired) electrons. The predicted molar refractivity (Wildman–Crippen MR) is 200 cm³/mol. The molecule has 0 N–H and O–H groups in total. The predicted octanol–water partition coefficient (Wildman–Crippen LogP) is 12.8. The van der Waals surface area contributed by atoms with Gasteiger partial charge in [-0.2, -0.15) is 0 Å². The smallest absolute Gasteiger partial charge is 0.0621 e. The minimum Gasteiger partial charge on any atom is -0.307 e. The summed E-state index contributed by atoms with van der Waals surface area (Å²) in [5.74, 6) is 0. The Morgan fingerprint density at radius 1 is 0.370 bits per heavy atom. The van der Waals surface area contributed by atoms with E-state index in [1.54, 1.807) is 0 Å². The molecule has 3 heterocycles. The highest BCUT2D eigenvalue weighted by molar-refractivity contribution is 7.27. The van der Waals surface area contributed by atoms with E-state index in [2.05, 4.69) is 156 Å². The van der Waals surface area contributed by atoms with E-state index in [0.29, 0.717) is 0 Å². The van der Waals surface area contributed by atoms with Crippen LogP contribution in [-0.2, 0) is 0 Å². The minimum absolute atomic E-state index is 1.25. The molecule has 11 rings (SSSR count). The SMILES string of the molecule is c1ccc(-c2cc3c4ccccc4n4c5c(-c6cccc7sc8c9ccccc9c9ccccc9c8c67)cccc5c(c2)c34)cc1. The molecule has 46 heavy (non-hydrogen) atoms. The highest BCUT2D eigenvalue weighted by Gasteiger charge is 2.23. The van der Waals surface area contributed by atoms with E-state index in [0.717, 1.165) is 0 Å².